The van der Waals surface area contributed by atoms with E-state index in [1.165, 1.54) is 32.3 Å². The predicted molar refractivity (Wildman–Crippen MR) is 164 cm³/mol. The molecule has 6 aromatic carbocycles. The Morgan fingerprint density at radius 1 is 0.400 bits per heavy atom. The summed E-state index contributed by atoms with van der Waals surface area (Å²) in [6.45, 7) is 0. The first kappa shape index (κ1) is 22.5. The van der Waals surface area contributed by atoms with Gasteiger partial charge in [0, 0.05) is 17.3 Å². The van der Waals surface area contributed by atoms with E-state index in [-0.39, 0.29) is 0 Å². The first-order valence-electron chi connectivity index (χ1n) is 13.3. The summed E-state index contributed by atoms with van der Waals surface area (Å²) in [7, 11) is 0. The van der Waals surface area contributed by atoms with Crippen LogP contribution >= 0.6 is 0 Å². The molecule has 0 spiro atoms. The summed E-state index contributed by atoms with van der Waals surface area (Å²) in [5.74, 6) is 0.573. The molecular formula is C36H22N4. The molecule has 0 atom stereocenters. The molecule has 0 unspecified atom stereocenters. The van der Waals surface area contributed by atoms with E-state index >= 15 is 0 Å². The van der Waals surface area contributed by atoms with Crippen molar-refractivity contribution in [3.8, 4) is 34.0 Å². The van der Waals surface area contributed by atoms with Crippen molar-refractivity contribution >= 4 is 43.1 Å². The molecule has 0 saturated carbocycles. The Bertz CT molecular complexity index is 2080. The van der Waals surface area contributed by atoms with Crippen LogP contribution in [0.3, 0.4) is 0 Å². The molecule has 0 N–H and O–H groups in total. The lowest BCUT2D eigenvalue weighted by molar-refractivity contribution is 1.11. The minimum absolute atomic E-state index is 0.573. The lowest BCUT2D eigenvalue weighted by Crippen LogP contribution is -1.98. The molecule has 186 valence electrons. The van der Waals surface area contributed by atoms with Gasteiger partial charge in [0.1, 0.15) is 12.0 Å². The van der Waals surface area contributed by atoms with E-state index < -0.39 is 0 Å². The van der Waals surface area contributed by atoms with Gasteiger partial charge in [-0.25, -0.2) is 19.9 Å². The zero-order valence-corrected chi connectivity index (χ0v) is 21.5. The summed E-state index contributed by atoms with van der Waals surface area (Å²) in [4.78, 5) is 18.8. The maximum absolute atomic E-state index is 5.10. The summed E-state index contributed by atoms with van der Waals surface area (Å²) >= 11 is 0. The molecule has 0 aliphatic rings. The van der Waals surface area contributed by atoms with E-state index in [0.29, 0.717) is 11.5 Å². The highest BCUT2D eigenvalue weighted by Crippen LogP contribution is 2.38. The zero-order chi connectivity index (χ0) is 26.5. The molecule has 0 saturated heterocycles. The molecule has 0 fully saturated rings. The highest BCUT2D eigenvalue weighted by atomic mass is 14.9. The minimum Gasteiger partial charge on any atom is -0.245 e. The van der Waals surface area contributed by atoms with Crippen LogP contribution in [0.5, 0.6) is 0 Å². The maximum atomic E-state index is 5.10. The average Bonchev–Trinajstić information content (AvgIpc) is 3.04. The fourth-order valence-corrected chi connectivity index (χ4v) is 5.79. The molecule has 0 radical (unpaired) electrons. The van der Waals surface area contributed by atoms with E-state index in [2.05, 4.69) is 125 Å². The van der Waals surface area contributed by atoms with Gasteiger partial charge in [-0.1, -0.05) is 97.1 Å². The van der Waals surface area contributed by atoms with Gasteiger partial charge >= 0.3 is 0 Å². The smallest absolute Gasteiger partial charge is 0.179 e. The maximum Gasteiger partial charge on any atom is 0.179 e. The Morgan fingerprint density at radius 2 is 0.875 bits per heavy atom. The number of hydrogen-bond donors (Lipinski definition) is 0. The number of aromatic nitrogens is 4. The van der Waals surface area contributed by atoms with Crippen molar-refractivity contribution in [2.45, 2.75) is 0 Å². The van der Waals surface area contributed by atoms with Gasteiger partial charge in [0.25, 0.3) is 0 Å². The van der Waals surface area contributed by atoms with Crippen LogP contribution in [0.15, 0.2) is 134 Å². The van der Waals surface area contributed by atoms with Crippen LogP contribution in [0, 0.1) is 0 Å². The molecule has 0 aliphatic heterocycles. The largest absolute Gasteiger partial charge is 0.245 e. The van der Waals surface area contributed by atoms with Crippen LogP contribution in [0.1, 0.15) is 0 Å². The average molecular weight is 511 g/mol. The van der Waals surface area contributed by atoms with Gasteiger partial charge in [-0.3, -0.25) is 0 Å². The first-order valence-corrected chi connectivity index (χ1v) is 13.3. The van der Waals surface area contributed by atoms with Gasteiger partial charge in [-0.2, -0.15) is 0 Å². The van der Waals surface area contributed by atoms with Crippen molar-refractivity contribution in [3.63, 3.8) is 0 Å². The normalized spacial score (nSPS) is 11.5. The SMILES string of the molecule is c1ccc2c(c1)cc(-c1cc(-c3cc4ccccc4c4ccccc34)nc(-c3ccncn3)n1)c1ccccc12. The second-order valence-electron chi connectivity index (χ2n) is 9.94. The fourth-order valence-electron chi connectivity index (χ4n) is 5.79. The second-order valence-corrected chi connectivity index (χ2v) is 9.94. The fraction of sp³-hybridized carbons (Fsp3) is 0. The van der Waals surface area contributed by atoms with Gasteiger partial charge in [-0.15, -0.1) is 0 Å². The van der Waals surface area contributed by atoms with E-state index in [1.54, 1.807) is 12.5 Å². The summed E-state index contributed by atoms with van der Waals surface area (Å²) in [5, 5.41) is 9.53. The van der Waals surface area contributed by atoms with Crippen LogP contribution < -0.4 is 0 Å². The molecule has 0 bridgehead atoms. The summed E-state index contributed by atoms with van der Waals surface area (Å²) in [5.41, 5.74) is 4.54. The number of nitrogens with zero attached hydrogens (tertiary/aromatic N) is 4. The third-order valence-corrected chi connectivity index (χ3v) is 7.63. The topological polar surface area (TPSA) is 51.6 Å². The van der Waals surface area contributed by atoms with Crippen molar-refractivity contribution in [2.75, 3.05) is 0 Å². The Hall–Kier alpha value is -5.48. The van der Waals surface area contributed by atoms with Crippen LogP contribution in [0.4, 0.5) is 0 Å². The second kappa shape index (κ2) is 9.07. The molecule has 8 aromatic rings. The van der Waals surface area contributed by atoms with Crippen LogP contribution in [0.25, 0.3) is 77.1 Å². The molecule has 2 heterocycles. The molecule has 8 rings (SSSR count). The minimum atomic E-state index is 0.573. The Labute approximate surface area is 230 Å². The molecule has 2 aromatic heterocycles. The van der Waals surface area contributed by atoms with Gasteiger partial charge < -0.3 is 0 Å². The highest BCUT2D eigenvalue weighted by molar-refractivity contribution is 6.15. The lowest BCUT2D eigenvalue weighted by atomic mass is 9.93. The van der Waals surface area contributed by atoms with Crippen LogP contribution in [0.2, 0.25) is 0 Å². The molecule has 0 amide bonds. The van der Waals surface area contributed by atoms with Gasteiger partial charge in [-0.05, 0) is 67.4 Å². The van der Waals surface area contributed by atoms with Crippen molar-refractivity contribution in [3.05, 3.63) is 134 Å². The molecule has 40 heavy (non-hydrogen) atoms. The predicted octanol–water partition coefficient (Wildman–Crippen LogP) is 8.88. The third kappa shape index (κ3) is 3.62. The van der Waals surface area contributed by atoms with E-state index in [4.69, 9.17) is 9.97 Å². The van der Waals surface area contributed by atoms with Gasteiger partial charge in [0.05, 0.1) is 11.4 Å². The summed E-state index contributed by atoms with van der Waals surface area (Å²) < 4.78 is 0. The number of fused-ring (bicyclic) bond motifs is 6. The van der Waals surface area contributed by atoms with E-state index in [9.17, 15) is 0 Å². The molecule has 4 heteroatoms. The number of hydrogen-bond acceptors (Lipinski definition) is 4. The zero-order valence-electron chi connectivity index (χ0n) is 21.5. The van der Waals surface area contributed by atoms with Crippen LogP contribution in [-0.4, -0.2) is 19.9 Å². The Morgan fingerprint density at radius 3 is 1.38 bits per heavy atom. The molecule has 4 nitrogen and oxygen atoms in total. The quantitative estimate of drug-likeness (QED) is 0.223. The van der Waals surface area contributed by atoms with Crippen molar-refractivity contribution in [1.82, 2.24) is 19.9 Å². The number of rotatable bonds is 3. The highest BCUT2D eigenvalue weighted by Gasteiger charge is 2.17. The van der Waals surface area contributed by atoms with Crippen molar-refractivity contribution in [2.24, 2.45) is 0 Å². The summed E-state index contributed by atoms with van der Waals surface area (Å²) in [6.07, 6.45) is 3.27. The Kier molecular flexibility index (Phi) is 5.10. The van der Waals surface area contributed by atoms with Gasteiger partial charge in [0.2, 0.25) is 0 Å². The van der Waals surface area contributed by atoms with Crippen molar-refractivity contribution < 1.29 is 0 Å². The van der Waals surface area contributed by atoms with E-state index in [1.807, 2.05) is 6.07 Å². The standard InChI is InChI=1S/C36H22N4/c1-3-11-25-23(9-1)19-31(29-15-7-5-13-27(25)29)34-21-35(40-36(39-34)33-17-18-37-22-38-33)32-20-24-10-2-4-12-26(24)28-14-6-8-16-30(28)32/h1-22H. The van der Waals surface area contributed by atoms with Gasteiger partial charge in [0.15, 0.2) is 5.82 Å². The monoisotopic (exact) mass is 510 g/mol. The summed E-state index contributed by atoms with van der Waals surface area (Å²) in [6, 6.07) is 42.6. The lowest BCUT2D eigenvalue weighted by Gasteiger charge is -2.14. The number of benzene rings is 6. The van der Waals surface area contributed by atoms with E-state index in [0.717, 1.165) is 33.3 Å². The Balaban J connectivity index is 1.47. The third-order valence-electron chi connectivity index (χ3n) is 7.63. The van der Waals surface area contributed by atoms with Crippen LogP contribution in [-0.2, 0) is 0 Å². The first-order chi connectivity index (χ1) is 19.8. The molecule has 0 aliphatic carbocycles. The van der Waals surface area contributed by atoms with Crippen molar-refractivity contribution in [1.29, 1.82) is 0 Å². The molecular weight excluding hydrogens is 488 g/mol.